The van der Waals surface area contributed by atoms with Crippen LogP contribution in [0.2, 0.25) is 0 Å². The molecule has 0 saturated heterocycles. The van der Waals surface area contributed by atoms with Crippen LogP contribution in [0.15, 0.2) is 30.3 Å². The minimum absolute atomic E-state index is 0.0996. The van der Waals surface area contributed by atoms with Gasteiger partial charge < -0.3 is 5.11 Å². The van der Waals surface area contributed by atoms with E-state index in [9.17, 15) is 9.90 Å². The SMILES string of the molecule is CC[C@@]12CCc3c(ccc4cc(O)ccc34)[C@@H]1CCC2=O. The number of carbonyl (C=O) groups is 1. The molecule has 0 unspecified atom stereocenters. The Kier molecular flexibility index (Phi) is 2.66. The van der Waals surface area contributed by atoms with Crippen LogP contribution in [0.4, 0.5) is 0 Å². The fourth-order valence-electron chi connectivity index (χ4n) is 4.73. The maximum Gasteiger partial charge on any atom is 0.139 e. The smallest absolute Gasteiger partial charge is 0.139 e. The molecule has 0 aromatic heterocycles. The topological polar surface area (TPSA) is 37.3 Å². The number of phenols is 1. The number of aryl methyl sites for hydroxylation is 1. The highest BCUT2D eigenvalue weighted by atomic mass is 16.3. The molecule has 1 fully saturated rings. The van der Waals surface area contributed by atoms with E-state index in [0.29, 0.717) is 17.5 Å². The van der Waals surface area contributed by atoms with E-state index < -0.39 is 0 Å². The molecule has 21 heavy (non-hydrogen) atoms. The van der Waals surface area contributed by atoms with Gasteiger partial charge in [0.2, 0.25) is 0 Å². The number of carbonyl (C=O) groups excluding carboxylic acids is 1. The Morgan fingerprint density at radius 2 is 2.10 bits per heavy atom. The lowest BCUT2D eigenvalue weighted by molar-refractivity contribution is -0.127. The number of ketones is 1. The number of hydrogen-bond donors (Lipinski definition) is 1. The van der Waals surface area contributed by atoms with Gasteiger partial charge in [-0.05, 0) is 65.6 Å². The van der Waals surface area contributed by atoms with Crippen molar-refractivity contribution < 1.29 is 9.90 Å². The van der Waals surface area contributed by atoms with Gasteiger partial charge in [0, 0.05) is 11.8 Å². The molecule has 2 aliphatic rings. The lowest BCUT2D eigenvalue weighted by atomic mass is 9.63. The average Bonchev–Trinajstić information content (AvgIpc) is 2.84. The fourth-order valence-corrected chi connectivity index (χ4v) is 4.73. The molecule has 0 heterocycles. The van der Waals surface area contributed by atoms with Crippen molar-refractivity contribution in [3.8, 4) is 5.75 Å². The zero-order valence-electron chi connectivity index (χ0n) is 12.4. The molecule has 0 radical (unpaired) electrons. The van der Waals surface area contributed by atoms with Crippen molar-refractivity contribution in [2.75, 3.05) is 0 Å². The van der Waals surface area contributed by atoms with Crippen molar-refractivity contribution in [2.45, 2.75) is 44.9 Å². The van der Waals surface area contributed by atoms with Crippen molar-refractivity contribution in [1.29, 1.82) is 0 Å². The Morgan fingerprint density at radius 3 is 2.90 bits per heavy atom. The van der Waals surface area contributed by atoms with Gasteiger partial charge in [-0.2, -0.15) is 0 Å². The fraction of sp³-hybridized carbons (Fsp3) is 0.421. The quantitative estimate of drug-likeness (QED) is 0.844. The van der Waals surface area contributed by atoms with Gasteiger partial charge in [0.25, 0.3) is 0 Å². The Bertz CT molecular complexity index is 747. The summed E-state index contributed by atoms with van der Waals surface area (Å²) in [5.41, 5.74) is 2.68. The largest absolute Gasteiger partial charge is 0.508 e. The molecule has 0 amide bonds. The summed E-state index contributed by atoms with van der Waals surface area (Å²) in [4.78, 5) is 12.4. The molecule has 1 saturated carbocycles. The van der Waals surface area contributed by atoms with Gasteiger partial charge in [0.05, 0.1) is 0 Å². The van der Waals surface area contributed by atoms with Gasteiger partial charge in [0.1, 0.15) is 11.5 Å². The molecule has 0 spiro atoms. The third-order valence-electron chi connectivity index (χ3n) is 5.86. The summed E-state index contributed by atoms with van der Waals surface area (Å²) in [6.45, 7) is 2.17. The van der Waals surface area contributed by atoms with E-state index in [2.05, 4.69) is 19.1 Å². The third-order valence-corrected chi connectivity index (χ3v) is 5.86. The Balaban J connectivity index is 1.93. The zero-order chi connectivity index (χ0) is 14.6. The van der Waals surface area contributed by atoms with Crippen LogP contribution in [0, 0.1) is 5.41 Å². The van der Waals surface area contributed by atoms with E-state index in [4.69, 9.17) is 0 Å². The van der Waals surface area contributed by atoms with Crippen molar-refractivity contribution >= 4 is 16.6 Å². The van der Waals surface area contributed by atoms with Crippen molar-refractivity contribution in [2.24, 2.45) is 5.41 Å². The summed E-state index contributed by atoms with van der Waals surface area (Å²) in [5, 5.41) is 12.0. The van der Waals surface area contributed by atoms with Crippen LogP contribution in [0.5, 0.6) is 5.75 Å². The summed E-state index contributed by atoms with van der Waals surface area (Å²) in [5.74, 6) is 1.20. The minimum atomic E-state index is -0.0996. The first-order chi connectivity index (χ1) is 10.2. The molecular weight excluding hydrogens is 260 g/mol. The molecule has 1 N–H and O–H groups in total. The normalized spacial score (nSPS) is 27.7. The van der Waals surface area contributed by atoms with Gasteiger partial charge in [-0.25, -0.2) is 0 Å². The molecule has 0 aliphatic heterocycles. The Labute approximate surface area is 124 Å². The van der Waals surface area contributed by atoms with Gasteiger partial charge in [-0.1, -0.05) is 25.1 Å². The number of hydrogen-bond acceptors (Lipinski definition) is 2. The van der Waals surface area contributed by atoms with Crippen LogP contribution in [0.3, 0.4) is 0 Å². The lowest BCUT2D eigenvalue weighted by Crippen LogP contribution is -2.34. The minimum Gasteiger partial charge on any atom is -0.508 e. The predicted octanol–water partition coefficient (Wildman–Crippen LogP) is 4.33. The first kappa shape index (κ1) is 12.9. The summed E-state index contributed by atoms with van der Waals surface area (Å²) in [6, 6.07) is 9.92. The second-order valence-corrected chi connectivity index (χ2v) is 6.56. The van der Waals surface area contributed by atoms with Gasteiger partial charge in [0.15, 0.2) is 0 Å². The number of aromatic hydroxyl groups is 1. The summed E-state index contributed by atoms with van der Waals surface area (Å²) >= 11 is 0. The van der Waals surface area contributed by atoms with E-state index in [1.54, 1.807) is 6.07 Å². The second-order valence-electron chi connectivity index (χ2n) is 6.56. The molecule has 2 heteroatoms. The van der Waals surface area contributed by atoms with E-state index >= 15 is 0 Å². The van der Waals surface area contributed by atoms with E-state index in [-0.39, 0.29) is 5.41 Å². The molecular formula is C19H20O2. The second kappa shape index (κ2) is 4.33. The number of Topliss-reactive ketones (excluding diaryl/α,β-unsaturated/α-hetero) is 1. The molecule has 2 aliphatic carbocycles. The van der Waals surface area contributed by atoms with Crippen LogP contribution in [0.25, 0.3) is 10.8 Å². The highest BCUT2D eigenvalue weighted by Gasteiger charge is 2.51. The maximum atomic E-state index is 12.4. The van der Waals surface area contributed by atoms with Crippen molar-refractivity contribution in [3.63, 3.8) is 0 Å². The van der Waals surface area contributed by atoms with Crippen LogP contribution in [-0.2, 0) is 11.2 Å². The van der Waals surface area contributed by atoms with Crippen LogP contribution >= 0.6 is 0 Å². The molecule has 108 valence electrons. The van der Waals surface area contributed by atoms with E-state index in [1.807, 2.05) is 12.1 Å². The molecule has 2 nitrogen and oxygen atoms in total. The predicted molar refractivity (Wildman–Crippen MR) is 83.6 cm³/mol. The van der Waals surface area contributed by atoms with Crippen LogP contribution in [-0.4, -0.2) is 10.9 Å². The van der Waals surface area contributed by atoms with E-state index in [1.165, 1.54) is 16.5 Å². The molecule has 2 atom stereocenters. The van der Waals surface area contributed by atoms with Gasteiger partial charge >= 0.3 is 0 Å². The van der Waals surface area contributed by atoms with E-state index in [0.717, 1.165) is 37.5 Å². The standard InChI is InChI=1S/C19H20O2/c1-2-19-10-9-15-14-6-4-13(20)11-12(14)3-5-16(15)17(19)7-8-18(19)21/h3-6,11,17,20H,2,7-10H2,1H3/t17-,19+/m0/s1. The third kappa shape index (κ3) is 1.62. The number of fused-ring (bicyclic) bond motifs is 5. The highest BCUT2D eigenvalue weighted by molar-refractivity contribution is 5.92. The Hall–Kier alpha value is -1.83. The average molecular weight is 280 g/mol. The lowest BCUT2D eigenvalue weighted by Gasteiger charge is -2.39. The first-order valence-corrected chi connectivity index (χ1v) is 7.93. The first-order valence-electron chi connectivity index (χ1n) is 7.93. The molecule has 2 aromatic carbocycles. The molecule has 0 bridgehead atoms. The maximum absolute atomic E-state index is 12.4. The van der Waals surface area contributed by atoms with Gasteiger partial charge in [-0.15, -0.1) is 0 Å². The van der Waals surface area contributed by atoms with Crippen molar-refractivity contribution in [3.05, 3.63) is 41.5 Å². The van der Waals surface area contributed by atoms with Crippen molar-refractivity contribution in [1.82, 2.24) is 0 Å². The van der Waals surface area contributed by atoms with Crippen LogP contribution in [0.1, 0.15) is 49.7 Å². The summed E-state index contributed by atoms with van der Waals surface area (Å²) < 4.78 is 0. The monoisotopic (exact) mass is 280 g/mol. The van der Waals surface area contributed by atoms with Gasteiger partial charge in [-0.3, -0.25) is 4.79 Å². The molecule has 4 rings (SSSR count). The van der Waals surface area contributed by atoms with Crippen LogP contribution < -0.4 is 0 Å². The summed E-state index contributed by atoms with van der Waals surface area (Å²) in [7, 11) is 0. The highest BCUT2D eigenvalue weighted by Crippen LogP contribution is 2.56. The number of phenolic OH excluding ortho intramolecular Hbond substituents is 1. The zero-order valence-corrected chi connectivity index (χ0v) is 12.4. The number of benzene rings is 2. The summed E-state index contributed by atoms with van der Waals surface area (Å²) in [6.07, 6.45) is 4.67. The Morgan fingerprint density at radius 1 is 1.24 bits per heavy atom. The molecule has 2 aromatic rings. The number of rotatable bonds is 1.